The van der Waals surface area contributed by atoms with Crippen LogP contribution in [0.25, 0.3) is 0 Å². The Morgan fingerprint density at radius 3 is 1.01 bits per heavy atom. The zero-order chi connectivity index (χ0) is 57.7. The van der Waals surface area contributed by atoms with Gasteiger partial charge in [-0.2, -0.15) is 0 Å². The van der Waals surface area contributed by atoms with Gasteiger partial charge in [-0.25, -0.2) is 0 Å². The lowest BCUT2D eigenvalue weighted by Crippen LogP contribution is -2.82. The summed E-state index contributed by atoms with van der Waals surface area (Å²) in [4.78, 5) is 0. The van der Waals surface area contributed by atoms with Gasteiger partial charge in [0.2, 0.25) is 0 Å². The minimum atomic E-state index is -2.31. The first-order chi connectivity index (χ1) is 39.3. The minimum Gasteiger partial charge on any atom is -0.542 e. The van der Waals surface area contributed by atoms with Crippen molar-refractivity contribution in [3.8, 4) is 0 Å². The summed E-state index contributed by atoms with van der Waals surface area (Å²) >= 11 is 0. The van der Waals surface area contributed by atoms with Crippen molar-refractivity contribution in [2.45, 2.75) is 92.9 Å². The molecular weight excluding hydrogens is 1050 g/mol. The van der Waals surface area contributed by atoms with Crippen molar-refractivity contribution >= 4 is 62.5 Å². The van der Waals surface area contributed by atoms with Gasteiger partial charge in [0.05, 0.1) is 117 Å². The third-order valence-corrected chi connectivity index (χ3v) is 12.6. The number of aromatic nitrogens is 1. The molecule has 0 atom stereocenters. The molecule has 1 aliphatic rings. The van der Waals surface area contributed by atoms with E-state index in [0.29, 0.717) is 110 Å². The van der Waals surface area contributed by atoms with Crippen LogP contribution in [-0.4, -0.2) is 145 Å². The van der Waals surface area contributed by atoms with Crippen LogP contribution in [0.15, 0.2) is 152 Å². The molecule has 2 heterocycles. The van der Waals surface area contributed by atoms with E-state index in [1.807, 2.05) is 125 Å². The Balaban J connectivity index is 0.000000370. The molecule has 0 spiro atoms. The number of hydrogen-bond acceptors (Lipinski definition) is 16. The normalized spacial score (nSPS) is 13.1. The lowest BCUT2D eigenvalue weighted by atomic mass is 9.53. The van der Waals surface area contributed by atoms with E-state index in [0.717, 1.165) is 44.2 Å². The Morgan fingerprint density at radius 2 is 0.695 bits per heavy atom. The van der Waals surface area contributed by atoms with Crippen LogP contribution in [-0.2, 0) is 89.4 Å². The number of nitrogens with zero attached hydrogens (tertiary/aromatic N) is 1. The van der Waals surface area contributed by atoms with E-state index in [1.54, 1.807) is 48.5 Å². The van der Waals surface area contributed by atoms with Gasteiger partial charge in [0.25, 0.3) is 0 Å². The molecule has 1 saturated heterocycles. The minimum absolute atomic E-state index is 0. The Morgan fingerprint density at radius 1 is 0.402 bits per heavy atom. The molecule has 0 aliphatic carbocycles. The first kappa shape index (κ1) is 67.7. The molecule has 1 fully saturated rings. The van der Waals surface area contributed by atoms with Gasteiger partial charge in [-0.15, -0.1) is 0 Å². The van der Waals surface area contributed by atoms with Crippen LogP contribution < -0.4 is 31.8 Å². The Labute approximate surface area is 485 Å². The third-order valence-electron chi connectivity index (χ3n) is 12.6. The van der Waals surface area contributed by atoms with Gasteiger partial charge in [0.1, 0.15) is 12.4 Å². The zero-order valence-electron chi connectivity index (χ0n) is 48.3. The van der Waals surface area contributed by atoms with Gasteiger partial charge in [-0.3, -0.25) is 0 Å². The van der Waals surface area contributed by atoms with Crippen LogP contribution >= 0.6 is 0 Å². The highest BCUT2D eigenvalue weighted by Gasteiger charge is 2.54. The van der Waals surface area contributed by atoms with Crippen LogP contribution in [0.3, 0.4) is 0 Å². The molecule has 1 aliphatic heterocycles. The maximum absolute atomic E-state index is 9.02. The second kappa shape index (κ2) is 37.3. The highest BCUT2D eigenvalue weighted by atomic mass is 16.7. The molecule has 6 aromatic rings. The van der Waals surface area contributed by atoms with Crippen molar-refractivity contribution in [3.05, 3.63) is 180 Å². The van der Waals surface area contributed by atoms with Gasteiger partial charge in [-0.05, 0) is 103 Å². The molecule has 5 aromatic carbocycles. The molecule has 440 valence electrons. The van der Waals surface area contributed by atoms with E-state index < -0.39 is 35.2 Å². The van der Waals surface area contributed by atoms with Crippen molar-refractivity contribution in [2.75, 3.05) is 66.1 Å². The number of ether oxygens (including phenoxy) is 9. The highest BCUT2D eigenvalue weighted by Crippen LogP contribution is 2.19. The summed E-state index contributed by atoms with van der Waals surface area (Å²) in [6, 6.07) is 44.2. The summed E-state index contributed by atoms with van der Waals surface area (Å²) in [7, 11) is -4.41. The molecule has 23 heteroatoms. The standard InChI is InChI=1S/C41H56B3NO9.C18H24B2O7.H2O/c1-33(2)49-27-24-46-30-36-10-16-39(17-11-36)42-52-43(40-18-12-37(13-19-40)31-47-25-28-50-34(3)4)54-44(53-42,45-22-8-7-9-23-45)41-20-14-38(15-21-41)32-48-26-29-51-35(5)6;21-19(22)17-5-1-15(2-6-17)13-26-11-9-25-10-12-27-14-16-3-7-18(8-4-16)20(23)24;/h7-23,33-35H,24-32H2,1-6H3;1-8,21-24H,9-14H2;1H2. The molecule has 0 radical (unpaired) electrons. The molecule has 0 bridgehead atoms. The van der Waals surface area contributed by atoms with Crippen molar-refractivity contribution in [3.63, 3.8) is 0 Å². The molecule has 7 rings (SSSR count). The number of hydrogen-bond donors (Lipinski definition) is 4. The molecule has 0 amide bonds. The van der Waals surface area contributed by atoms with Crippen LogP contribution in [0, 0.1) is 0 Å². The van der Waals surface area contributed by atoms with E-state index in [-0.39, 0.29) is 23.8 Å². The van der Waals surface area contributed by atoms with Gasteiger partial charge in [0, 0.05) is 0 Å². The van der Waals surface area contributed by atoms with E-state index >= 15 is 0 Å². The molecule has 0 unspecified atom stereocenters. The number of benzene rings is 5. The van der Waals surface area contributed by atoms with E-state index in [2.05, 4.69) is 24.3 Å². The zero-order valence-corrected chi connectivity index (χ0v) is 48.3. The topological polar surface area (TPSA) is 227 Å². The summed E-state index contributed by atoms with van der Waals surface area (Å²) in [5.41, 5.74) is 8.50. The molecule has 18 nitrogen and oxygen atoms in total. The maximum Gasteiger partial charge on any atom is 0.551 e. The van der Waals surface area contributed by atoms with Gasteiger partial charge < -0.3 is 86.4 Å². The highest BCUT2D eigenvalue weighted by molar-refractivity contribution is 6.92. The monoisotopic (exact) mass is 1130 g/mol. The Kier molecular flexibility index (Phi) is 30.8. The van der Waals surface area contributed by atoms with Crippen molar-refractivity contribution in [2.24, 2.45) is 0 Å². The largest absolute Gasteiger partial charge is 0.551 e. The van der Waals surface area contributed by atoms with Crippen LogP contribution in [0.5, 0.6) is 0 Å². The SMILES string of the molecule is CC(C)OCCOCc1ccc(B2OB(c3ccc(COCCOC(C)C)cc3)O[B-](c3ccc(COCCOC(C)C)cc3)([n+]3ccccc3)O2)cc1.O.OB(O)c1ccc(COCCOCCOCc2ccc(B(O)O)cc2)cc1. The van der Waals surface area contributed by atoms with Crippen LogP contribution in [0.1, 0.15) is 69.4 Å². The first-order valence-corrected chi connectivity index (χ1v) is 27.9. The Bertz CT molecular complexity index is 2480. The number of pyridine rings is 1. The molecule has 1 aromatic heterocycles. The van der Waals surface area contributed by atoms with Gasteiger partial charge in [-0.1, -0.05) is 133 Å². The fraction of sp³-hybridized carbons (Fsp3) is 0.407. The average molecular weight is 1130 g/mol. The first-order valence-electron chi connectivity index (χ1n) is 27.9. The summed E-state index contributed by atoms with van der Waals surface area (Å²) in [5.74, 6) is 0. The molecular formula is C59H82B5NO17. The fourth-order valence-electron chi connectivity index (χ4n) is 8.25. The number of rotatable bonds is 34. The predicted molar refractivity (Wildman–Crippen MR) is 319 cm³/mol. The van der Waals surface area contributed by atoms with E-state index in [4.69, 9.17) is 76.4 Å². The molecule has 6 N–H and O–H groups in total. The van der Waals surface area contributed by atoms with Crippen LogP contribution in [0.2, 0.25) is 0 Å². The van der Waals surface area contributed by atoms with Crippen molar-refractivity contribution in [1.82, 2.24) is 0 Å². The lowest BCUT2D eigenvalue weighted by molar-refractivity contribution is -0.569. The van der Waals surface area contributed by atoms with E-state index in [1.165, 1.54) is 0 Å². The fourth-order valence-corrected chi connectivity index (χ4v) is 8.25. The smallest absolute Gasteiger partial charge is 0.542 e. The van der Waals surface area contributed by atoms with Gasteiger partial charge >= 0.3 is 35.2 Å². The lowest BCUT2D eigenvalue weighted by Gasteiger charge is -2.45. The summed E-state index contributed by atoms with van der Waals surface area (Å²) in [6.07, 6.45) is 4.47. The second-order valence-corrected chi connectivity index (χ2v) is 20.2. The Hall–Kier alpha value is -5.11. The molecule has 0 saturated carbocycles. The summed E-state index contributed by atoms with van der Waals surface area (Å²) < 4.78 is 73.5. The second-order valence-electron chi connectivity index (χ2n) is 20.2. The van der Waals surface area contributed by atoms with Crippen molar-refractivity contribution < 1.29 is 86.4 Å². The van der Waals surface area contributed by atoms with Crippen LogP contribution in [0.4, 0.5) is 0 Å². The summed E-state index contributed by atoms with van der Waals surface area (Å²) in [6.45, 7) is 17.2. The predicted octanol–water partition coefficient (Wildman–Crippen LogP) is 2.32. The average Bonchev–Trinajstić information content (AvgIpc) is 2.85. The quantitative estimate of drug-likeness (QED) is 0.0336. The third kappa shape index (κ3) is 23.9. The van der Waals surface area contributed by atoms with E-state index in [9.17, 15) is 0 Å². The maximum atomic E-state index is 9.02. The van der Waals surface area contributed by atoms with Gasteiger partial charge in [0.15, 0.2) is 0 Å². The molecule has 82 heavy (non-hydrogen) atoms. The summed E-state index contributed by atoms with van der Waals surface area (Å²) in [5, 5.41) is 36.1. The van der Waals surface area contributed by atoms with Crippen molar-refractivity contribution in [1.29, 1.82) is 0 Å².